The van der Waals surface area contributed by atoms with E-state index in [0.29, 0.717) is 0 Å². The Hall–Kier alpha value is -0.830. The lowest BCUT2D eigenvalue weighted by molar-refractivity contribution is -0.899. The first kappa shape index (κ1) is 20.2. The molecule has 1 heterocycles. The molecule has 0 saturated carbocycles. The van der Waals surface area contributed by atoms with E-state index in [1.54, 1.807) is 7.11 Å². The van der Waals surface area contributed by atoms with Gasteiger partial charge in [-0.2, -0.15) is 11.8 Å². The summed E-state index contributed by atoms with van der Waals surface area (Å²) in [7, 11) is 1.03. The molecule has 0 bridgehead atoms. The number of quaternary nitrogens is 1. The Morgan fingerprint density at radius 1 is 1.35 bits per heavy atom. The lowest BCUT2D eigenvalue weighted by Gasteiger charge is -2.31. The highest BCUT2D eigenvalue weighted by Crippen LogP contribution is 2.26. The summed E-state index contributed by atoms with van der Waals surface area (Å²) in [6.07, 6.45) is 2.78. The fourth-order valence-electron chi connectivity index (χ4n) is 2.59. The first-order valence-corrected chi connectivity index (χ1v) is 9.77. The highest BCUT2D eigenvalue weighted by Gasteiger charge is 2.33. The van der Waals surface area contributed by atoms with Crippen molar-refractivity contribution >= 4 is 22.3 Å². The van der Waals surface area contributed by atoms with Gasteiger partial charge in [0.15, 0.2) is 0 Å². The topological polar surface area (TPSA) is 66.4 Å². The van der Waals surface area contributed by atoms with Crippen LogP contribution in [0.15, 0.2) is 24.3 Å². The molecule has 1 atom stereocenters. The van der Waals surface area contributed by atoms with Gasteiger partial charge in [0.25, 0.3) is 10.5 Å². The molecular weight excluding hydrogens is 341 g/mol. The molecule has 23 heavy (non-hydrogen) atoms. The molecule has 8 heteroatoms. The van der Waals surface area contributed by atoms with E-state index in [9.17, 15) is 3.89 Å². The number of benzene rings is 1. The highest BCUT2D eigenvalue weighted by atomic mass is 32.3. The van der Waals surface area contributed by atoms with Crippen LogP contribution < -0.4 is 4.74 Å². The first-order valence-electron chi connectivity index (χ1n) is 7.30. The fraction of sp³-hybridized carbons (Fsp3) is 0.600. The minimum Gasteiger partial charge on any atom is -0.722 e. The zero-order valence-corrected chi connectivity index (χ0v) is 15.3. The molecule has 0 radical (unpaired) electrons. The molecule has 0 unspecified atom stereocenters. The van der Waals surface area contributed by atoms with E-state index in [1.165, 1.54) is 35.2 Å². The summed E-state index contributed by atoms with van der Waals surface area (Å²) < 4.78 is 41.7. The molecule has 1 aliphatic rings. The normalized spacial score (nSPS) is 19.8. The molecule has 0 spiro atoms. The molecule has 5 nitrogen and oxygen atoms in total. The van der Waals surface area contributed by atoms with Crippen LogP contribution in [0.1, 0.15) is 18.4 Å². The van der Waals surface area contributed by atoms with E-state index >= 15 is 0 Å². The largest absolute Gasteiger partial charge is 0.722 e. The van der Waals surface area contributed by atoms with Crippen LogP contribution in [0.5, 0.6) is 5.75 Å². The van der Waals surface area contributed by atoms with Crippen LogP contribution in [-0.4, -0.2) is 57.0 Å². The van der Waals surface area contributed by atoms with E-state index in [-0.39, 0.29) is 0 Å². The Labute approximate surface area is 142 Å². The molecule has 0 amide bonds. The molecule has 1 fully saturated rings. The van der Waals surface area contributed by atoms with Crippen molar-refractivity contribution < 1.29 is 26.1 Å². The minimum atomic E-state index is -5.42. The van der Waals surface area contributed by atoms with Crippen molar-refractivity contribution in [1.82, 2.24) is 0 Å². The van der Waals surface area contributed by atoms with Crippen molar-refractivity contribution in [3.63, 3.8) is 0 Å². The molecule has 0 aliphatic carbocycles. The lowest BCUT2D eigenvalue weighted by Crippen LogP contribution is -2.45. The maximum absolute atomic E-state index is 10.1. The third-order valence-corrected chi connectivity index (χ3v) is 5.16. The average Bonchev–Trinajstić information content (AvgIpc) is 2.77. The summed E-state index contributed by atoms with van der Waals surface area (Å²) >= 11 is 2.06. The monoisotopic (exact) mass is 365 g/mol. The Bertz CT molecular complexity index is 568. The Morgan fingerprint density at radius 3 is 2.35 bits per heavy atom. The number of hydrogen-bond acceptors (Lipinski definition) is 5. The number of methoxy groups -OCH3 is 1. The number of thioether (sulfide) groups is 1. The van der Waals surface area contributed by atoms with Crippen LogP contribution in [0.3, 0.4) is 0 Å². The van der Waals surface area contributed by atoms with Gasteiger partial charge in [0, 0.05) is 24.3 Å². The molecule has 1 aromatic carbocycles. The predicted molar refractivity (Wildman–Crippen MR) is 90.0 cm³/mol. The third-order valence-electron chi connectivity index (χ3n) is 4.00. The van der Waals surface area contributed by atoms with Crippen molar-refractivity contribution in [3.8, 4) is 5.75 Å². The second kappa shape index (κ2) is 8.86. The molecular formula is C15H24FNO4S2. The number of rotatable bonds is 5. The molecule has 1 saturated heterocycles. The zero-order chi connectivity index (χ0) is 17.5. The van der Waals surface area contributed by atoms with Crippen LogP contribution >= 0.6 is 11.8 Å². The van der Waals surface area contributed by atoms with Crippen molar-refractivity contribution in [2.75, 3.05) is 33.5 Å². The maximum atomic E-state index is 10.1. The van der Waals surface area contributed by atoms with Gasteiger partial charge in [-0.05, 0) is 17.7 Å². The van der Waals surface area contributed by atoms with Gasteiger partial charge in [0.1, 0.15) is 5.75 Å². The van der Waals surface area contributed by atoms with Crippen LogP contribution in [-0.2, 0) is 16.3 Å². The van der Waals surface area contributed by atoms with Crippen molar-refractivity contribution in [2.24, 2.45) is 0 Å². The third kappa shape index (κ3) is 8.55. The maximum Gasteiger partial charge on any atom is 0.255 e. The van der Waals surface area contributed by atoms with E-state index in [4.69, 9.17) is 17.7 Å². The molecule has 0 N–H and O–H groups in total. The standard InChI is InChI=1S/C15H24NOS.FHO3S/c1-16(2)10-4-5-14(16)12-18-11-13-6-8-15(17-3)9-7-13;1-5(2,3)4/h6-9,14H,4-5,10-12H2,1-3H3;(H,2,3,4)/q+1;/p-1/t14-;/m0./s1. The van der Waals surface area contributed by atoms with Gasteiger partial charge in [0.2, 0.25) is 0 Å². The smallest absolute Gasteiger partial charge is 0.255 e. The molecule has 1 aliphatic heterocycles. The van der Waals surface area contributed by atoms with Crippen LogP contribution in [0.2, 0.25) is 0 Å². The SMILES string of the molecule is COc1ccc(CSC[C@@H]2CCC[N+]2(C)C)cc1.O=S(=O)([O-])F. The van der Waals surface area contributed by atoms with E-state index in [1.807, 2.05) is 12.1 Å². The van der Waals surface area contributed by atoms with E-state index < -0.39 is 10.5 Å². The van der Waals surface area contributed by atoms with Gasteiger partial charge >= 0.3 is 0 Å². The predicted octanol–water partition coefficient (Wildman–Crippen LogP) is 2.58. The van der Waals surface area contributed by atoms with Gasteiger partial charge in [-0.1, -0.05) is 12.1 Å². The summed E-state index contributed by atoms with van der Waals surface area (Å²) in [4.78, 5) is 0. The van der Waals surface area contributed by atoms with Crippen LogP contribution in [0.4, 0.5) is 3.89 Å². The quantitative estimate of drug-likeness (QED) is 0.456. The van der Waals surface area contributed by atoms with Gasteiger partial charge in [-0.3, -0.25) is 0 Å². The summed E-state index contributed by atoms with van der Waals surface area (Å²) in [6, 6.07) is 9.27. The van der Waals surface area contributed by atoms with Gasteiger partial charge in [-0.25, -0.2) is 8.42 Å². The fourth-order valence-corrected chi connectivity index (χ4v) is 3.97. The summed E-state index contributed by atoms with van der Waals surface area (Å²) in [5.41, 5.74) is 1.39. The number of hydrogen-bond donors (Lipinski definition) is 0. The number of nitrogens with zero attached hydrogens (tertiary/aromatic N) is 1. The van der Waals surface area contributed by atoms with Gasteiger partial charge in [0.05, 0.1) is 33.8 Å². The average molecular weight is 365 g/mol. The van der Waals surface area contributed by atoms with Crippen molar-refractivity contribution in [3.05, 3.63) is 29.8 Å². The summed E-state index contributed by atoms with van der Waals surface area (Å²) in [5, 5.41) is 0. The molecule has 2 rings (SSSR count). The lowest BCUT2D eigenvalue weighted by atomic mass is 10.2. The van der Waals surface area contributed by atoms with Crippen LogP contribution in [0.25, 0.3) is 0 Å². The molecule has 1 aromatic rings. The number of likely N-dealkylation sites (tertiary alicyclic amines) is 1. The van der Waals surface area contributed by atoms with Gasteiger partial charge in [-0.15, -0.1) is 3.89 Å². The second-order valence-corrected chi connectivity index (χ2v) is 7.87. The summed E-state index contributed by atoms with van der Waals surface area (Å²) in [5.74, 6) is 3.33. The van der Waals surface area contributed by atoms with Crippen molar-refractivity contribution in [1.29, 1.82) is 0 Å². The first-order chi connectivity index (χ1) is 10.6. The van der Waals surface area contributed by atoms with Crippen molar-refractivity contribution in [2.45, 2.75) is 24.6 Å². The van der Waals surface area contributed by atoms with Gasteiger partial charge < -0.3 is 13.8 Å². The number of halogens is 1. The van der Waals surface area contributed by atoms with Crippen LogP contribution in [0, 0.1) is 0 Å². The zero-order valence-electron chi connectivity index (χ0n) is 13.7. The van der Waals surface area contributed by atoms with E-state index in [2.05, 4.69) is 38.0 Å². The highest BCUT2D eigenvalue weighted by molar-refractivity contribution is 7.98. The Morgan fingerprint density at radius 2 is 1.91 bits per heavy atom. The minimum absolute atomic E-state index is 0.841. The Kier molecular flexibility index (Phi) is 7.79. The molecule has 132 valence electrons. The number of ether oxygens (including phenoxy) is 1. The summed E-state index contributed by atoms with van der Waals surface area (Å²) in [6.45, 7) is 1.34. The molecule has 0 aromatic heterocycles. The van der Waals surface area contributed by atoms with E-state index in [0.717, 1.165) is 17.5 Å². The Balaban J connectivity index is 0.000000463. The second-order valence-electron chi connectivity index (χ2n) is 6.05.